The fourth-order valence-corrected chi connectivity index (χ4v) is 5.06. The molecule has 1 fully saturated rings. The van der Waals surface area contributed by atoms with Gasteiger partial charge in [-0.1, -0.05) is 78.1 Å². The number of hydrogen-bond donors (Lipinski definition) is 0. The van der Waals surface area contributed by atoms with Gasteiger partial charge in [-0.2, -0.15) is 0 Å². The highest BCUT2D eigenvalue weighted by atomic mass is 35.5. The maximum absolute atomic E-state index is 13.1. The van der Waals surface area contributed by atoms with Gasteiger partial charge in [0.25, 0.3) is 5.91 Å². The molecule has 4 rings (SSSR count). The molecule has 0 aliphatic carbocycles. The van der Waals surface area contributed by atoms with Crippen molar-refractivity contribution in [2.75, 3.05) is 12.0 Å². The normalized spacial score (nSPS) is 14.5. The summed E-state index contributed by atoms with van der Waals surface area (Å²) in [7, 11) is 1.59. The number of ether oxygens (including phenoxy) is 2. The van der Waals surface area contributed by atoms with Gasteiger partial charge in [-0.3, -0.25) is 9.69 Å². The van der Waals surface area contributed by atoms with Crippen LogP contribution in [-0.2, 0) is 17.8 Å². The smallest absolute Gasteiger partial charge is 0.270 e. The Hall–Kier alpha value is -3.06. The zero-order valence-electron chi connectivity index (χ0n) is 18.5. The Balaban J connectivity index is 1.65. The van der Waals surface area contributed by atoms with Gasteiger partial charge >= 0.3 is 0 Å². The van der Waals surface area contributed by atoms with Crippen LogP contribution in [-0.4, -0.2) is 17.3 Å². The van der Waals surface area contributed by atoms with Crippen molar-refractivity contribution in [2.24, 2.45) is 0 Å². The minimum atomic E-state index is -0.149. The average molecular weight is 508 g/mol. The van der Waals surface area contributed by atoms with E-state index < -0.39 is 0 Å². The number of benzene rings is 3. The summed E-state index contributed by atoms with van der Waals surface area (Å²) in [6.45, 7) is 4.17. The van der Waals surface area contributed by atoms with Crippen LogP contribution in [0, 0.1) is 0 Å². The van der Waals surface area contributed by atoms with Crippen molar-refractivity contribution in [1.29, 1.82) is 0 Å². The summed E-state index contributed by atoms with van der Waals surface area (Å²) in [5.74, 6) is 1.04. The molecule has 0 saturated carbocycles. The average Bonchev–Trinajstić information content (AvgIpc) is 3.12. The van der Waals surface area contributed by atoms with Crippen molar-refractivity contribution >= 4 is 57.6 Å². The van der Waals surface area contributed by atoms with Crippen LogP contribution in [0.5, 0.6) is 11.5 Å². The van der Waals surface area contributed by atoms with E-state index in [0.29, 0.717) is 38.8 Å². The van der Waals surface area contributed by atoms with E-state index in [1.807, 2.05) is 72.8 Å². The van der Waals surface area contributed by atoms with E-state index in [4.69, 9.17) is 33.3 Å². The first-order valence-electron chi connectivity index (χ1n) is 10.5. The number of para-hydroxylation sites is 1. The Morgan fingerprint density at radius 1 is 1.09 bits per heavy atom. The maximum Gasteiger partial charge on any atom is 0.270 e. The molecule has 1 heterocycles. The molecule has 0 radical (unpaired) electrons. The second kappa shape index (κ2) is 10.9. The van der Waals surface area contributed by atoms with E-state index in [0.717, 1.165) is 22.4 Å². The number of rotatable bonds is 8. The number of amides is 1. The van der Waals surface area contributed by atoms with Gasteiger partial charge in [0.2, 0.25) is 0 Å². The first-order valence-corrected chi connectivity index (χ1v) is 12.1. The van der Waals surface area contributed by atoms with Gasteiger partial charge in [0.05, 0.1) is 17.7 Å². The Kier molecular flexibility index (Phi) is 7.73. The highest BCUT2D eigenvalue weighted by Crippen LogP contribution is 2.39. The predicted molar refractivity (Wildman–Crippen MR) is 145 cm³/mol. The van der Waals surface area contributed by atoms with Crippen LogP contribution in [0.15, 0.2) is 84.3 Å². The second-order valence-electron chi connectivity index (χ2n) is 7.44. The van der Waals surface area contributed by atoms with Gasteiger partial charge < -0.3 is 9.47 Å². The number of thioether (sulfide) groups is 1. The molecular formula is C27H22ClNO3S2. The number of nitrogens with zero attached hydrogens (tertiary/aromatic N) is 1. The molecule has 34 heavy (non-hydrogen) atoms. The summed E-state index contributed by atoms with van der Waals surface area (Å²) in [6.07, 6.45) is 4.20. The number of anilines is 1. The fraction of sp³-hybridized carbons (Fsp3) is 0.111. The van der Waals surface area contributed by atoms with E-state index >= 15 is 0 Å². The Labute approximate surface area is 213 Å². The third-order valence-corrected chi connectivity index (χ3v) is 6.84. The summed E-state index contributed by atoms with van der Waals surface area (Å²) in [5.41, 5.74) is 3.34. The van der Waals surface area contributed by atoms with Crippen molar-refractivity contribution in [3.05, 3.63) is 106 Å². The van der Waals surface area contributed by atoms with Crippen LogP contribution in [0.25, 0.3) is 6.08 Å². The quantitative estimate of drug-likeness (QED) is 0.185. The monoisotopic (exact) mass is 507 g/mol. The van der Waals surface area contributed by atoms with Gasteiger partial charge in [-0.25, -0.2) is 0 Å². The molecule has 3 aromatic rings. The van der Waals surface area contributed by atoms with Gasteiger partial charge in [0.15, 0.2) is 15.8 Å². The minimum absolute atomic E-state index is 0.149. The van der Waals surface area contributed by atoms with Crippen LogP contribution in [0.4, 0.5) is 5.69 Å². The molecule has 1 aliphatic heterocycles. The Morgan fingerprint density at radius 2 is 1.82 bits per heavy atom. The predicted octanol–water partition coefficient (Wildman–Crippen LogP) is 7.06. The molecule has 0 N–H and O–H groups in total. The molecule has 172 valence electrons. The number of carbonyl (C=O) groups excluding carboxylic acids is 1. The lowest BCUT2D eigenvalue weighted by molar-refractivity contribution is -0.113. The topological polar surface area (TPSA) is 38.8 Å². The van der Waals surface area contributed by atoms with Crippen LogP contribution >= 0.6 is 35.6 Å². The van der Waals surface area contributed by atoms with Crippen LogP contribution in [0.1, 0.15) is 16.7 Å². The van der Waals surface area contributed by atoms with E-state index in [2.05, 4.69) is 6.58 Å². The summed E-state index contributed by atoms with van der Waals surface area (Å²) >= 11 is 13.0. The number of halogens is 1. The number of hydrogen-bond acceptors (Lipinski definition) is 5. The number of methoxy groups -OCH3 is 1. The molecule has 1 saturated heterocycles. The van der Waals surface area contributed by atoms with Gasteiger partial charge in [0, 0.05) is 16.1 Å². The largest absolute Gasteiger partial charge is 0.493 e. The summed E-state index contributed by atoms with van der Waals surface area (Å²) in [6, 6.07) is 20.8. The highest BCUT2D eigenvalue weighted by molar-refractivity contribution is 8.27. The fourth-order valence-electron chi connectivity index (χ4n) is 3.57. The molecule has 0 spiro atoms. The Morgan fingerprint density at radius 3 is 2.53 bits per heavy atom. The highest BCUT2D eigenvalue weighted by Gasteiger charge is 2.33. The zero-order valence-corrected chi connectivity index (χ0v) is 20.9. The lowest BCUT2D eigenvalue weighted by Crippen LogP contribution is -2.27. The van der Waals surface area contributed by atoms with Crippen LogP contribution in [0.3, 0.4) is 0 Å². The van der Waals surface area contributed by atoms with Crippen molar-refractivity contribution in [2.45, 2.75) is 13.0 Å². The zero-order chi connectivity index (χ0) is 24.1. The Bertz CT molecular complexity index is 1270. The van der Waals surface area contributed by atoms with Gasteiger partial charge in [-0.05, 0) is 48.4 Å². The number of carbonyl (C=O) groups is 1. The lowest BCUT2D eigenvalue weighted by Gasteiger charge is -2.16. The third kappa shape index (κ3) is 5.20. The van der Waals surface area contributed by atoms with E-state index in [-0.39, 0.29) is 5.91 Å². The molecule has 0 unspecified atom stereocenters. The molecule has 1 aliphatic rings. The summed E-state index contributed by atoms with van der Waals surface area (Å²) in [4.78, 5) is 15.2. The molecule has 3 aromatic carbocycles. The molecule has 1 amide bonds. The van der Waals surface area contributed by atoms with Crippen molar-refractivity contribution in [3.63, 3.8) is 0 Å². The molecule has 0 bridgehead atoms. The first kappa shape index (κ1) is 24.1. The molecule has 0 aromatic heterocycles. The summed E-state index contributed by atoms with van der Waals surface area (Å²) in [5, 5.41) is 0.642. The SMILES string of the molecule is C=CCc1cc(/C=C2/SC(=S)N(c3ccccc3)C2=O)cc(OC)c1OCc1ccccc1Cl. The maximum atomic E-state index is 13.1. The molecular weight excluding hydrogens is 486 g/mol. The molecule has 0 atom stereocenters. The van der Waals surface area contributed by atoms with Crippen molar-refractivity contribution < 1.29 is 14.3 Å². The lowest BCUT2D eigenvalue weighted by atomic mass is 10.0. The van der Waals surface area contributed by atoms with E-state index in [1.54, 1.807) is 18.1 Å². The molecule has 4 nitrogen and oxygen atoms in total. The van der Waals surface area contributed by atoms with E-state index in [1.165, 1.54) is 11.8 Å². The van der Waals surface area contributed by atoms with Crippen molar-refractivity contribution in [1.82, 2.24) is 0 Å². The minimum Gasteiger partial charge on any atom is -0.493 e. The standard InChI is InChI=1S/C27H22ClNO3S2/c1-3-9-19-14-18(15-23(31-2)25(19)32-17-20-10-7-8-13-22(20)28)16-24-26(30)29(27(33)34-24)21-11-5-4-6-12-21/h3-8,10-16H,1,9,17H2,2H3/b24-16+. The number of thiocarbonyl (C=S) groups is 1. The second-order valence-corrected chi connectivity index (χ2v) is 9.52. The first-order chi connectivity index (χ1) is 16.5. The third-order valence-electron chi connectivity index (χ3n) is 5.17. The summed E-state index contributed by atoms with van der Waals surface area (Å²) < 4.78 is 12.3. The van der Waals surface area contributed by atoms with Crippen LogP contribution < -0.4 is 14.4 Å². The van der Waals surface area contributed by atoms with Crippen molar-refractivity contribution in [3.8, 4) is 11.5 Å². The number of allylic oxidation sites excluding steroid dienone is 1. The van der Waals surface area contributed by atoms with E-state index in [9.17, 15) is 4.79 Å². The van der Waals surface area contributed by atoms with Gasteiger partial charge in [0.1, 0.15) is 6.61 Å². The van der Waals surface area contributed by atoms with Crippen LogP contribution in [0.2, 0.25) is 5.02 Å². The van der Waals surface area contributed by atoms with Gasteiger partial charge in [-0.15, -0.1) is 6.58 Å². The molecule has 7 heteroatoms.